The standard InChI is InChI=1S/C52H30S2/c1-2-14-33(15-3-1)48-40-20-8-18-36(38-22-10-24-44-51(38)49-34-16-6-4-12-31(34)26-28-46(49)53-44)42(40)30-43-37(19-9-21-41(43)48)39-23-11-25-45-52(39)50-35-17-7-5-13-32(35)27-29-47(50)54-45/h1-30H. The van der Waals surface area contributed by atoms with Crippen molar-refractivity contribution in [3.05, 3.63) is 182 Å². The van der Waals surface area contributed by atoms with Crippen molar-refractivity contribution in [1.29, 1.82) is 0 Å². The molecule has 0 bridgehead atoms. The van der Waals surface area contributed by atoms with Gasteiger partial charge in [-0.15, -0.1) is 22.7 Å². The van der Waals surface area contributed by atoms with E-state index in [4.69, 9.17) is 0 Å². The van der Waals surface area contributed by atoms with E-state index in [9.17, 15) is 0 Å². The molecule has 0 saturated carbocycles. The second-order valence-corrected chi connectivity index (χ2v) is 16.5. The SMILES string of the molecule is c1ccc(-c2c3cccc(-c4cccc5sc6ccc7ccccc7c6c45)c3cc3c(-c4cccc5sc6ccc7ccccc7c6c45)cccc23)cc1. The third-order valence-corrected chi connectivity index (χ3v) is 13.7. The molecule has 0 N–H and O–H groups in total. The first-order chi connectivity index (χ1) is 26.8. The van der Waals surface area contributed by atoms with Crippen LogP contribution in [-0.4, -0.2) is 0 Å². The Labute approximate surface area is 319 Å². The molecule has 2 heterocycles. The van der Waals surface area contributed by atoms with Crippen molar-refractivity contribution in [2.45, 2.75) is 0 Å². The number of hydrogen-bond donors (Lipinski definition) is 0. The molecule has 0 aliphatic rings. The summed E-state index contributed by atoms with van der Waals surface area (Å²) in [6, 6.07) is 67.9. The fourth-order valence-corrected chi connectivity index (χ4v) is 11.5. The third-order valence-electron chi connectivity index (χ3n) is 11.5. The zero-order chi connectivity index (χ0) is 35.3. The lowest BCUT2D eigenvalue weighted by Gasteiger charge is -2.18. The molecule has 0 unspecified atom stereocenters. The first-order valence-electron chi connectivity index (χ1n) is 18.5. The lowest BCUT2D eigenvalue weighted by atomic mass is 9.85. The van der Waals surface area contributed by atoms with Gasteiger partial charge < -0.3 is 0 Å². The van der Waals surface area contributed by atoms with E-state index in [1.54, 1.807) is 0 Å². The fraction of sp³-hybridized carbons (Fsp3) is 0. The summed E-state index contributed by atoms with van der Waals surface area (Å²) >= 11 is 3.80. The number of hydrogen-bond acceptors (Lipinski definition) is 2. The van der Waals surface area contributed by atoms with E-state index in [-0.39, 0.29) is 0 Å². The largest absolute Gasteiger partial charge is 0.135 e. The van der Waals surface area contributed by atoms with Gasteiger partial charge in [0.15, 0.2) is 0 Å². The molecular formula is C52H30S2. The van der Waals surface area contributed by atoms with Crippen molar-refractivity contribution in [1.82, 2.24) is 0 Å². The molecule has 0 aliphatic carbocycles. The van der Waals surface area contributed by atoms with Crippen LogP contribution in [0.1, 0.15) is 0 Å². The summed E-state index contributed by atoms with van der Waals surface area (Å²) in [5.41, 5.74) is 7.63. The van der Waals surface area contributed by atoms with Crippen LogP contribution >= 0.6 is 22.7 Å². The number of benzene rings is 10. The highest BCUT2D eigenvalue weighted by molar-refractivity contribution is 7.26. The number of thiophene rings is 2. The minimum absolute atomic E-state index is 1.23. The Morgan fingerprint density at radius 3 is 1.22 bits per heavy atom. The highest BCUT2D eigenvalue weighted by Gasteiger charge is 2.20. The summed E-state index contributed by atoms with van der Waals surface area (Å²) < 4.78 is 5.31. The average Bonchev–Trinajstić information content (AvgIpc) is 3.82. The predicted octanol–water partition coefficient (Wildman–Crippen LogP) is 16.0. The van der Waals surface area contributed by atoms with Crippen LogP contribution in [0.25, 0.3) is 117 Å². The summed E-state index contributed by atoms with van der Waals surface area (Å²) in [6.45, 7) is 0. The van der Waals surface area contributed by atoms with Crippen LogP contribution in [0.4, 0.5) is 0 Å². The normalized spacial score (nSPS) is 12.1. The number of rotatable bonds is 3. The zero-order valence-electron chi connectivity index (χ0n) is 29.1. The van der Waals surface area contributed by atoms with E-state index in [1.165, 1.54) is 117 Å². The van der Waals surface area contributed by atoms with Crippen molar-refractivity contribution < 1.29 is 0 Å². The molecule has 2 aromatic heterocycles. The summed E-state index contributed by atoms with van der Waals surface area (Å²) in [5, 5.41) is 15.7. The molecule has 10 aromatic carbocycles. The van der Waals surface area contributed by atoms with Crippen LogP contribution < -0.4 is 0 Å². The van der Waals surface area contributed by atoms with Gasteiger partial charge >= 0.3 is 0 Å². The molecule has 12 rings (SSSR count). The molecule has 0 aliphatic heterocycles. The monoisotopic (exact) mass is 718 g/mol. The average molecular weight is 719 g/mol. The van der Waals surface area contributed by atoms with Gasteiger partial charge in [-0.25, -0.2) is 0 Å². The van der Waals surface area contributed by atoms with E-state index in [0.29, 0.717) is 0 Å². The van der Waals surface area contributed by atoms with Crippen molar-refractivity contribution in [3.63, 3.8) is 0 Å². The maximum atomic E-state index is 2.50. The van der Waals surface area contributed by atoms with Crippen molar-refractivity contribution in [2.24, 2.45) is 0 Å². The first-order valence-corrected chi connectivity index (χ1v) is 20.1. The Kier molecular flexibility index (Phi) is 6.48. The summed E-state index contributed by atoms with van der Waals surface area (Å²) in [4.78, 5) is 0. The molecule has 12 aromatic rings. The highest BCUT2D eigenvalue weighted by atomic mass is 32.1. The quantitative estimate of drug-likeness (QED) is 0.160. The molecule has 0 radical (unpaired) electrons. The molecular weight excluding hydrogens is 689 g/mol. The van der Waals surface area contributed by atoms with Crippen molar-refractivity contribution in [3.8, 4) is 33.4 Å². The van der Waals surface area contributed by atoms with E-state index in [2.05, 4.69) is 182 Å². The van der Waals surface area contributed by atoms with E-state index >= 15 is 0 Å². The third kappa shape index (κ3) is 4.30. The molecule has 0 spiro atoms. The molecule has 54 heavy (non-hydrogen) atoms. The highest BCUT2D eigenvalue weighted by Crippen LogP contribution is 2.49. The second kappa shape index (κ2) is 11.6. The van der Waals surface area contributed by atoms with Crippen LogP contribution in [0.2, 0.25) is 0 Å². The van der Waals surface area contributed by atoms with Crippen LogP contribution in [0.3, 0.4) is 0 Å². The van der Waals surface area contributed by atoms with Gasteiger partial charge in [0.2, 0.25) is 0 Å². The predicted molar refractivity (Wildman–Crippen MR) is 239 cm³/mol. The van der Waals surface area contributed by atoms with Crippen LogP contribution in [0, 0.1) is 0 Å². The van der Waals surface area contributed by atoms with Gasteiger partial charge in [0.1, 0.15) is 0 Å². The second-order valence-electron chi connectivity index (χ2n) is 14.3. The van der Waals surface area contributed by atoms with Gasteiger partial charge in [0.05, 0.1) is 0 Å². The maximum absolute atomic E-state index is 2.50. The molecule has 0 fully saturated rings. The lowest BCUT2D eigenvalue weighted by Crippen LogP contribution is -1.91. The fourth-order valence-electron chi connectivity index (χ4n) is 9.18. The summed E-state index contributed by atoms with van der Waals surface area (Å²) in [6.07, 6.45) is 0. The van der Waals surface area contributed by atoms with E-state index in [0.717, 1.165) is 0 Å². The minimum Gasteiger partial charge on any atom is -0.135 e. The van der Waals surface area contributed by atoms with E-state index < -0.39 is 0 Å². The summed E-state index contributed by atoms with van der Waals surface area (Å²) in [5.74, 6) is 0. The van der Waals surface area contributed by atoms with Gasteiger partial charge in [0, 0.05) is 40.3 Å². The van der Waals surface area contributed by atoms with Gasteiger partial charge in [-0.2, -0.15) is 0 Å². The van der Waals surface area contributed by atoms with Crippen LogP contribution in [0.15, 0.2) is 182 Å². The maximum Gasteiger partial charge on any atom is 0.0362 e. The van der Waals surface area contributed by atoms with Crippen LogP contribution in [-0.2, 0) is 0 Å². The molecule has 2 heteroatoms. The Morgan fingerprint density at radius 1 is 0.259 bits per heavy atom. The van der Waals surface area contributed by atoms with Gasteiger partial charge in [-0.1, -0.05) is 152 Å². The Morgan fingerprint density at radius 2 is 0.685 bits per heavy atom. The Hall–Kier alpha value is -6.32. The molecule has 0 amide bonds. The number of fused-ring (bicyclic) bond motifs is 12. The lowest BCUT2D eigenvalue weighted by molar-refractivity contribution is 1.66. The van der Waals surface area contributed by atoms with Gasteiger partial charge in [-0.05, 0) is 107 Å². The smallest absolute Gasteiger partial charge is 0.0362 e. The van der Waals surface area contributed by atoms with Crippen molar-refractivity contribution >= 4 is 106 Å². The minimum atomic E-state index is 1.23. The molecule has 0 saturated heterocycles. The molecule has 0 nitrogen and oxygen atoms in total. The van der Waals surface area contributed by atoms with E-state index in [1.807, 2.05) is 22.7 Å². The first kappa shape index (κ1) is 30.2. The molecule has 0 atom stereocenters. The summed E-state index contributed by atoms with van der Waals surface area (Å²) in [7, 11) is 0. The van der Waals surface area contributed by atoms with Gasteiger partial charge in [-0.3, -0.25) is 0 Å². The van der Waals surface area contributed by atoms with Crippen molar-refractivity contribution in [2.75, 3.05) is 0 Å². The zero-order valence-corrected chi connectivity index (χ0v) is 30.8. The van der Waals surface area contributed by atoms with Crippen LogP contribution in [0.5, 0.6) is 0 Å². The Balaban J connectivity index is 1.23. The topological polar surface area (TPSA) is 0 Å². The molecule has 250 valence electrons. The van der Waals surface area contributed by atoms with Gasteiger partial charge in [0.25, 0.3) is 0 Å². The Bertz CT molecular complexity index is 3280.